The molecule has 0 fully saturated rings. The largest absolute Gasteiger partial charge is 0.449 e. The van der Waals surface area contributed by atoms with Crippen molar-refractivity contribution in [2.75, 3.05) is 0 Å². The Morgan fingerprint density at radius 1 is 0.840 bits per heavy atom. The van der Waals surface area contributed by atoms with Crippen molar-refractivity contribution in [1.82, 2.24) is 0 Å². The molecule has 0 amide bonds. The summed E-state index contributed by atoms with van der Waals surface area (Å²) >= 11 is 0. The first-order valence-electron chi connectivity index (χ1n) is 7.99. The minimum Gasteiger partial charge on any atom is -0.449 e. The molecule has 2 N–H and O–H groups in total. The second-order valence-electron chi connectivity index (χ2n) is 5.62. The molecule has 0 atom stereocenters. The van der Waals surface area contributed by atoms with Crippen LogP contribution in [0.3, 0.4) is 0 Å². The zero-order valence-corrected chi connectivity index (χ0v) is 13.7. The lowest BCUT2D eigenvalue weighted by Crippen LogP contribution is -2.13. The highest BCUT2D eigenvalue weighted by Gasteiger charge is 2.20. The Bertz CT molecular complexity index is 779. The van der Waals surface area contributed by atoms with Crippen molar-refractivity contribution in [3.8, 4) is 0 Å². The van der Waals surface area contributed by atoms with Crippen molar-refractivity contribution in [3.05, 3.63) is 107 Å². The average molecular weight is 333 g/mol. The Kier molecular flexibility index (Phi) is 5.57. The van der Waals surface area contributed by atoms with Crippen molar-refractivity contribution >= 4 is 5.97 Å². The van der Waals surface area contributed by atoms with Crippen LogP contribution >= 0.6 is 0 Å². The van der Waals surface area contributed by atoms with E-state index in [4.69, 9.17) is 10.6 Å². The van der Waals surface area contributed by atoms with Gasteiger partial charge in [0, 0.05) is 0 Å². The first kappa shape index (κ1) is 16.9. The van der Waals surface area contributed by atoms with Gasteiger partial charge in [-0.05, 0) is 28.8 Å². The third kappa shape index (κ3) is 4.32. The highest BCUT2D eigenvalue weighted by Crippen LogP contribution is 2.27. The van der Waals surface area contributed by atoms with Gasteiger partial charge in [0.25, 0.3) is 0 Å². The van der Waals surface area contributed by atoms with Crippen LogP contribution in [0.25, 0.3) is 0 Å². The summed E-state index contributed by atoms with van der Waals surface area (Å²) in [5, 5.41) is 0. The van der Waals surface area contributed by atoms with Gasteiger partial charge in [-0.15, -0.1) is 0 Å². The average Bonchev–Trinajstić information content (AvgIpc) is 2.68. The number of rotatable bonds is 6. The molecule has 4 heteroatoms. The van der Waals surface area contributed by atoms with Crippen molar-refractivity contribution in [2.45, 2.75) is 12.7 Å². The Labute approximate surface area is 146 Å². The molecule has 0 aliphatic heterocycles. The van der Waals surface area contributed by atoms with Crippen LogP contribution in [0.1, 0.15) is 33.2 Å². The molecule has 0 saturated heterocycles. The zero-order valence-electron chi connectivity index (χ0n) is 13.7. The van der Waals surface area contributed by atoms with Crippen molar-refractivity contribution in [1.29, 1.82) is 0 Å². The smallest absolute Gasteiger partial charge is 0.339 e. The van der Waals surface area contributed by atoms with Gasteiger partial charge in [0.1, 0.15) is 0 Å². The number of hydrogen-bond donors (Lipinski definition) is 1. The minimum absolute atomic E-state index is 0.238. The van der Waals surface area contributed by atoms with Gasteiger partial charge in [-0.1, -0.05) is 72.8 Å². The molecule has 25 heavy (non-hydrogen) atoms. The van der Waals surface area contributed by atoms with Crippen LogP contribution < -0.4 is 5.90 Å². The Balaban J connectivity index is 1.88. The summed E-state index contributed by atoms with van der Waals surface area (Å²) in [5.74, 6) is 4.71. The van der Waals surface area contributed by atoms with Gasteiger partial charge in [0.2, 0.25) is 0 Å². The summed E-state index contributed by atoms with van der Waals surface area (Å²) in [4.78, 5) is 17.3. The van der Waals surface area contributed by atoms with Crippen LogP contribution in [0, 0.1) is 0 Å². The van der Waals surface area contributed by atoms with Crippen molar-refractivity contribution in [3.63, 3.8) is 0 Å². The number of ether oxygens (including phenoxy) is 1. The molecule has 0 radical (unpaired) electrons. The lowest BCUT2D eigenvalue weighted by atomic mass is 10.0. The van der Waals surface area contributed by atoms with Crippen LogP contribution in [0.2, 0.25) is 0 Å². The maximum atomic E-state index is 12.7. The van der Waals surface area contributed by atoms with Gasteiger partial charge < -0.3 is 4.74 Å². The lowest BCUT2D eigenvalue weighted by Gasteiger charge is -2.19. The molecule has 0 aliphatic carbocycles. The van der Waals surface area contributed by atoms with E-state index < -0.39 is 12.1 Å². The van der Waals surface area contributed by atoms with Crippen LogP contribution in [0.5, 0.6) is 0 Å². The predicted molar refractivity (Wildman–Crippen MR) is 95.6 cm³/mol. The number of hydrogen-bond acceptors (Lipinski definition) is 4. The van der Waals surface area contributed by atoms with Gasteiger partial charge >= 0.3 is 5.97 Å². The summed E-state index contributed by atoms with van der Waals surface area (Å²) in [5.41, 5.74) is 3.12. The fourth-order valence-electron chi connectivity index (χ4n) is 2.64. The van der Waals surface area contributed by atoms with E-state index in [-0.39, 0.29) is 6.61 Å². The highest BCUT2D eigenvalue weighted by atomic mass is 16.6. The van der Waals surface area contributed by atoms with E-state index in [9.17, 15) is 4.79 Å². The van der Waals surface area contributed by atoms with E-state index in [2.05, 4.69) is 4.84 Å². The second-order valence-corrected chi connectivity index (χ2v) is 5.62. The third-order valence-corrected chi connectivity index (χ3v) is 3.84. The summed E-state index contributed by atoms with van der Waals surface area (Å²) in [6.45, 7) is 0.238. The zero-order chi connectivity index (χ0) is 17.5. The Hall–Kier alpha value is -2.95. The molecule has 0 heterocycles. The molecule has 0 spiro atoms. The fraction of sp³-hybridized carbons (Fsp3) is 0.0952. The molecule has 3 rings (SSSR count). The van der Waals surface area contributed by atoms with Crippen LogP contribution in [0.15, 0.2) is 84.9 Å². The molecule has 0 aliphatic rings. The van der Waals surface area contributed by atoms with E-state index >= 15 is 0 Å². The lowest BCUT2D eigenvalue weighted by molar-refractivity contribution is 0.0377. The first-order valence-corrected chi connectivity index (χ1v) is 7.99. The normalized spacial score (nSPS) is 10.6. The molecule has 3 aromatic carbocycles. The standard InChI is InChI=1S/C21H19NO3/c22-24-15-16-8-7-13-19(14-16)21(23)25-20(17-9-3-1-4-10-17)18-11-5-2-6-12-18/h1-14,20H,15,22H2. The third-order valence-electron chi connectivity index (χ3n) is 3.84. The SMILES string of the molecule is NOCc1cccc(C(=O)OC(c2ccccc2)c2ccccc2)c1. The van der Waals surface area contributed by atoms with E-state index in [1.54, 1.807) is 18.2 Å². The van der Waals surface area contributed by atoms with Crippen LogP contribution in [-0.4, -0.2) is 5.97 Å². The molecule has 0 aromatic heterocycles. The van der Waals surface area contributed by atoms with Gasteiger partial charge in [0.15, 0.2) is 6.10 Å². The summed E-state index contributed by atoms with van der Waals surface area (Å²) < 4.78 is 5.83. The summed E-state index contributed by atoms with van der Waals surface area (Å²) in [7, 11) is 0. The molecular formula is C21H19NO3. The number of esters is 1. The van der Waals surface area contributed by atoms with Gasteiger partial charge in [-0.2, -0.15) is 0 Å². The van der Waals surface area contributed by atoms with Crippen molar-refractivity contribution in [2.24, 2.45) is 5.90 Å². The topological polar surface area (TPSA) is 61.5 Å². The molecule has 0 unspecified atom stereocenters. The predicted octanol–water partition coefficient (Wildman–Crippen LogP) is 4.02. The number of nitrogens with two attached hydrogens (primary N) is 1. The van der Waals surface area contributed by atoms with Crippen molar-refractivity contribution < 1.29 is 14.4 Å². The van der Waals surface area contributed by atoms with E-state index in [0.717, 1.165) is 16.7 Å². The van der Waals surface area contributed by atoms with E-state index in [0.29, 0.717) is 5.56 Å². The first-order chi connectivity index (χ1) is 12.3. The Morgan fingerprint density at radius 3 is 2.00 bits per heavy atom. The molecule has 3 aromatic rings. The van der Waals surface area contributed by atoms with Gasteiger partial charge in [-0.3, -0.25) is 4.84 Å². The second kappa shape index (κ2) is 8.24. The fourth-order valence-corrected chi connectivity index (χ4v) is 2.64. The molecule has 4 nitrogen and oxygen atoms in total. The molecular weight excluding hydrogens is 314 g/mol. The number of carbonyl (C=O) groups is 1. The van der Waals surface area contributed by atoms with Gasteiger partial charge in [0.05, 0.1) is 12.2 Å². The molecule has 126 valence electrons. The van der Waals surface area contributed by atoms with E-state index in [1.807, 2.05) is 66.7 Å². The number of carbonyl (C=O) groups excluding carboxylic acids is 1. The summed E-state index contributed by atoms with van der Waals surface area (Å²) in [6.07, 6.45) is -0.468. The van der Waals surface area contributed by atoms with Crippen LogP contribution in [-0.2, 0) is 16.2 Å². The molecule has 0 bridgehead atoms. The monoisotopic (exact) mass is 333 g/mol. The maximum Gasteiger partial charge on any atom is 0.339 e. The van der Waals surface area contributed by atoms with E-state index in [1.165, 1.54) is 0 Å². The van der Waals surface area contributed by atoms with Gasteiger partial charge in [-0.25, -0.2) is 10.7 Å². The van der Waals surface area contributed by atoms with Crippen LogP contribution in [0.4, 0.5) is 0 Å². The Morgan fingerprint density at radius 2 is 1.44 bits per heavy atom. The molecule has 0 saturated carbocycles. The maximum absolute atomic E-state index is 12.7. The minimum atomic E-state index is -0.468. The number of benzene rings is 3. The highest BCUT2D eigenvalue weighted by molar-refractivity contribution is 5.89. The summed E-state index contributed by atoms with van der Waals surface area (Å²) in [6, 6.07) is 26.4. The quantitative estimate of drug-likeness (QED) is 0.546.